The fourth-order valence-electron chi connectivity index (χ4n) is 1.95. The van der Waals surface area contributed by atoms with Crippen LogP contribution < -0.4 is 10.6 Å². The maximum Gasteiger partial charge on any atom is 0.315 e. The molecule has 1 aromatic carbocycles. The van der Waals surface area contributed by atoms with Gasteiger partial charge in [0.1, 0.15) is 0 Å². The predicted molar refractivity (Wildman–Crippen MR) is 77.4 cm³/mol. The van der Waals surface area contributed by atoms with Crippen LogP contribution in [-0.4, -0.2) is 35.0 Å². The molecule has 0 aliphatic heterocycles. The lowest BCUT2D eigenvalue weighted by Gasteiger charge is -2.05. The van der Waals surface area contributed by atoms with Gasteiger partial charge in [-0.2, -0.15) is 4.98 Å². The minimum Gasteiger partial charge on any atom is -0.350 e. The van der Waals surface area contributed by atoms with E-state index in [0.29, 0.717) is 30.4 Å². The Morgan fingerprint density at radius 1 is 1.09 bits per heavy atom. The maximum absolute atomic E-state index is 11.8. The van der Waals surface area contributed by atoms with E-state index in [2.05, 4.69) is 20.8 Å². The van der Waals surface area contributed by atoms with Gasteiger partial charge in [-0.15, -0.1) is 0 Å². The van der Waals surface area contributed by atoms with Crippen LogP contribution in [0.2, 0.25) is 0 Å². The quantitative estimate of drug-likeness (QED) is 0.779. The Kier molecular flexibility index (Phi) is 4.13. The number of nitrogens with zero attached hydrogens (tertiary/aromatic N) is 2. The summed E-state index contributed by atoms with van der Waals surface area (Å²) in [7, 11) is 0. The number of amides is 2. The molecular formula is C15H16N4O3. The number of aromatic nitrogens is 2. The summed E-state index contributed by atoms with van der Waals surface area (Å²) < 4.78 is 4.91. The summed E-state index contributed by atoms with van der Waals surface area (Å²) in [6, 6.07) is 8.89. The summed E-state index contributed by atoms with van der Waals surface area (Å²) in [6.45, 7) is 0.613. The zero-order chi connectivity index (χ0) is 15.4. The van der Waals surface area contributed by atoms with Crippen LogP contribution in [0.15, 0.2) is 34.9 Å². The van der Waals surface area contributed by atoms with Crippen molar-refractivity contribution in [1.82, 2.24) is 20.8 Å². The van der Waals surface area contributed by atoms with Gasteiger partial charge in [0.05, 0.1) is 0 Å². The van der Waals surface area contributed by atoms with E-state index in [9.17, 15) is 9.59 Å². The van der Waals surface area contributed by atoms with E-state index >= 15 is 0 Å². The third-order valence-electron chi connectivity index (χ3n) is 3.31. The number of nitrogens with one attached hydrogen (secondary N) is 2. The topological polar surface area (TPSA) is 97.1 Å². The fourth-order valence-corrected chi connectivity index (χ4v) is 1.95. The maximum atomic E-state index is 11.8. The number of hydrogen-bond acceptors (Lipinski definition) is 5. The third-order valence-corrected chi connectivity index (χ3v) is 3.31. The molecule has 7 heteroatoms. The summed E-state index contributed by atoms with van der Waals surface area (Å²) >= 11 is 0. The first-order chi connectivity index (χ1) is 10.7. The molecule has 1 saturated carbocycles. The molecule has 7 nitrogen and oxygen atoms in total. The Balaban J connectivity index is 1.40. The highest BCUT2D eigenvalue weighted by molar-refractivity contribution is 5.94. The highest BCUT2D eigenvalue weighted by Crippen LogP contribution is 2.37. The van der Waals surface area contributed by atoms with Gasteiger partial charge in [-0.3, -0.25) is 9.59 Å². The van der Waals surface area contributed by atoms with Crippen molar-refractivity contribution in [3.8, 4) is 0 Å². The molecule has 1 aliphatic carbocycles. The van der Waals surface area contributed by atoms with E-state index in [1.165, 1.54) is 0 Å². The molecule has 0 radical (unpaired) electrons. The molecule has 0 saturated heterocycles. The minimum atomic E-state index is -0.423. The number of rotatable bonds is 6. The lowest BCUT2D eigenvalue weighted by Crippen LogP contribution is -2.34. The van der Waals surface area contributed by atoms with Crippen molar-refractivity contribution in [3.05, 3.63) is 47.6 Å². The number of benzene rings is 1. The van der Waals surface area contributed by atoms with Gasteiger partial charge in [-0.1, -0.05) is 23.4 Å². The standard InChI is InChI=1S/C15H16N4O3/c20-13(11-4-2-1-3-5-11)16-8-9-17-14(21)15-18-12(19-22-15)10-6-7-10/h1-5,10H,6-9H2,(H,16,20)(H,17,21). The highest BCUT2D eigenvalue weighted by Gasteiger charge is 2.29. The van der Waals surface area contributed by atoms with E-state index in [1.54, 1.807) is 24.3 Å². The van der Waals surface area contributed by atoms with Gasteiger partial charge in [0.25, 0.3) is 5.91 Å². The molecule has 1 aromatic heterocycles. The first-order valence-corrected chi connectivity index (χ1v) is 7.19. The molecule has 1 fully saturated rings. The average Bonchev–Trinajstić information content (AvgIpc) is 3.29. The van der Waals surface area contributed by atoms with Crippen LogP contribution in [0.4, 0.5) is 0 Å². The van der Waals surface area contributed by atoms with Crippen LogP contribution >= 0.6 is 0 Å². The van der Waals surface area contributed by atoms with E-state index in [-0.39, 0.29) is 11.8 Å². The van der Waals surface area contributed by atoms with Crippen LogP contribution in [0, 0.1) is 0 Å². The Morgan fingerprint density at radius 3 is 2.45 bits per heavy atom. The number of hydrogen-bond donors (Lipinski definition) is 2. The molecule has 114 valence electrons. The van der Waals surface area contributed by atoms with Crippen LogP contribution in [0.5, 0.6) is 0 Å². The minimum absolute atomic E-state index is 0.0312. The second-order valence-corrected chi connectivity index (χ2v) is 5.11. The first-order valence-electron chi connectivity index (χ1n) is 7.19. The fraction of sp³-hybridized carbons (Fsp3) is 0.333. The molecule has 2 amide bonds. The van der Waals surface area contributed by atoms with Gasteiger partial charge < -0.3 is 15.2 Å². The van der Waals surface area contributed by atoms with Gasteiger partial charge >= 0.3 is 11.8 Å². The van der Waals surface area contributed by atoms with E-state index < -0.39 is 5.91 Å². The van der Waals surface area contributed by atoms with Crippen molar-refractivity contribution < 1.29 is 14.1 Å². The van der Waals surface area contributed by atoms with Crippen LogP contribution in [0.1, 0.15) is 45.6 Å². The molecule has 0 atom stereocenters. The van der Waals surface area contributed by atoms with Crippen molar-refractivity contribution in [3.63, 3.8) is 0 Å². The molecule has 0 spiro atoms. The summed E-state index contributed by atoms with van der Waals surface area (Å²) in [5, 5.41) is 9.13. The Labute approximate surface area is 127 Å². The largest absolute Gasteiger partial charge is 0.350 e. The summed E-state index contributed by atoms with van der Waals surface area (Å²) in [6.07, 6.45) is 2.10. The van der Waals surface area contributed by atoms with E-state index in [1.807, 2.05) is 6.07 Å². The summed E-state index contributed by atoms with van der Waals surface area (Å²) in [5.74, 6) is 0.311. The molecule has 22 heavy (non-hydrogen) atoms. The predicted octanol–water partition coefficient (Wildman–Crippen LogP) is 1.11. The number of carbonyl (C=O) groups excluding carboxylic acids is 2. The Morgan fingerprint density at radius 2 is 1.77 bits per heavy atom. The Hall–Kier alpha value is -2.70. The normalized spacial score (nSPS) is 13.6. The van der Waals surface area contributed by atoms with Crippen molar-refractivity contribution in [2.75, 3.05) is 13.1 Å². The van der Waals surface area contributed by atoms with Crippen molar-refractivity contribution in [1.29, 1.82) is 0 Å². The van der Waals surface area contributed by atoms with Crippen LogP contribution in [-0.2, 0) is 0 Å². The van der Waals surface area contributed by atoms with Gasteiger partial charge in [-0.05, 0) is 25.0 Å². The van der Waals surface area contributed by atoms with Crippen molar-refractivity contribution >= 4 is 11.8 Å². The van der Waals surface area contributed by atoms with Crippen molar-refractivity contribution in [2.24, 2.45) is 0 Å². The molecule has 1 aliphatic rings. The van der Waals surface area contributed by atoms with Gasteiger partial charge in [0.2, 0.25) is 0 Å². The monoisotopic (exact) mass is 300 g/mol. The molecule has 2 aromatic rings. The van der Waals surface area contributed by atoms with Gasteiger partial charge in [0, 0.05) is 24.6 Å². The second-order valence-electron chi connectivity index (χ2n) is 5.11. The van der Waals surface area contributed by atoms with E-state index in [0.717, 1.165) is 12.8 Å². The SMILES string of the molecule is O=C(NCCNC(=O)c1nc(C2CC2)no1)c1ccccc1. The molecule has 2 N–H and O–H groups in total. The lowest BCUT2D eigenvalue weighted by atomic mass is 10.2. The summed E-state index contributed by atoms with van der Waals surface area (Å²) in [5.41, 5.74) is 0.583. The molecule has 1 heterocycles. The lowest BCUT2D eigenvalue weighted by molar-refractivity contribution is 0.0898. The average molecular weight is 300 g/mol. The van der Waals surface area contributed by atoms with Gasteiger partial charge in [0.15, 0.2) is 5.82 Å². The number of carbonyl (C=O) groups is 2. The third kappa shape index (κ3) is 3.49. The zero-order valence-corrected chi connectivity index (χ0v) is 11.9. The molecule has 0 bridgehead atoms. The molecule has 0 unspecified atom stereocenters. The highest BCUT2D eigenvalue weighted by atomic mass is 16.5. The first kappa shape index (κ1) is 14.2. The van der Waals surface area contributed by atoms with Crippen molar-refractivity contribution in [2.45, 2.75) is 18.8 Å². The summed E-state index contributed by atoms with van der Waals surface area (Å²) in [4.78, 5) is 27.6. The van der Waals surface area contributed by atoms with Crippen LogP contribution in [0.3, 0.4) is 0 Å². The molecular weight excluding hydrogens is 284 g/mol. The second kappa shape index (κ2) is 6.38. The zero-order valence-electron chi connectivity index (χ0n) is 11.9. The Bertz CT molecular complexity index is 664. The molecule has 3 rings (SSSR count). The smallest absolute Gasteiger partial charge is 0.315 e. The van der Waals surface area contributed by atoms with E-state index in [4.69, 9.17) is 4.52 Å². The van der Waals surface area contributed by atoms with Gasteiger partial charge in [-0.25, -0.2) is 0 Å². The van der Waals surface area contributed by atoms with Crippen LogP contribution in [0.25, 0.3) is 0 Å².